The van der Waals surface area contributed by atoms with Gasteiger partial charge in [0.2, 0.25) is 0 Å². The van der Waals surface area contributed by atoms with Crippen molar-refractivity contribution in [2.24, 2.45) is 17.6 Å². The second-order valence-corrected chi connectivity index (χ2v) is 4.59. The summed E-state index contributed by atoms with van der Waals surface area (Å²) in [5.41, 5.74) is 5.57. The molecule has 14 heavy (non-hydrogen) atoms. The van der Waals surface area contributed by atoms with Crippen molar-refractivity contribution in [2.75, 3.05) is 39.4 Å². The molecule has 0 aromatic rings. The molecule has 2 N–H and O–H groups in total. The predicted molar refractivity (Wildman–Crippen MR) is 57.1 cm³/mol. The van der Waals surface area contributed by atoms with Crippen molar-refractivity contribution in [3.63, 3.8) is 0 Å². The zero-order valence-electron chi connectivity index (χ0n) is 8.95. The SMILES string of the molecule is NCCN1CCC(C2CCOCC2)C1. The van der Waals surface area contributed by atoms with Crippen LogP contribution in [0.25, 0.3) is 0 Å². The molecule has 0 amide bonds. The van der Waals surface area contributed by atoms with Crippen LogP contribution >= 0.6 is 0 Å². The minimum Gasteiger partial charge on any atom is -0.381 e. The summed E-state index contributed by atoms with van der Waals surface area (Å²) in [6, 6.07) is 0. The Labute approximate surface area is 86.6 Å². The van der Waals surface area contributed by atoms with Gasteiger partial charge in [-0.05, 0) is 37.6 Å². The van der Waals surface area contributed by atoms with Crippen LogP contribution in [0.2, 0.25) is 0 Å². The van der Waals surface area contributed by atoms with Gasteiger partial charge in [-0.15, -0.1) is 0 Å². The van der Waals surface area contributed by atoms with E-state index >= 15 is 0 Å². The van der Waals surface area contributed by atoms with Crippen LogP contribution < -0.4 is 5.73 Å². The van der Waals surface area contributed by atoms with Crippen LogP contribution in [0.1, 0.15) is 19.3 Å². The minimum absolute atomic E-state index is 0.806. The van der Waals surface area contributed by atoms with Gasteiger partial charge in [0.05, 0.1) is 0 Å². The molecular weight excluding hydrogens is 176 g/mol. The lowest BCUT2D eigenvalue weighted by Gasteiger charge is -2.27. The molecular formula is C11H22N2O. The largest absolute Gasteiger partial charge is 0.381 e. The number of likely N-dealkylation sites (tertiary alicyclic amines) is 1. The number of nitrogens with two attached hydrogens (primary N) is 1. The summed E-state index contributed by atoms with van der Waals surface area (Å²) < 4.78 is 5.40. The lowest BCUT2D eigenvalue weighted by molar-refractivity contribution is 0.0479. The van der Waals surface area contributed by atoms with E-state index in [4.69, 9.17) is 10.5 Å². The molecule has 2 fully saturated rings. The van der Waals surface area contributed by atoms with E-state index in [2.05, 4.69) is 4.90 Å². The molecule has 2 rings (SSSR count). The van der Waals surface area contributed by atoms with E-state index in [9.17, 15) is 0 Å². The lowest BCUT2D eigenvalue weighted by atomic mass is 9.85. The van der Waals surface area contributed by atoms with Crippen molar-refractivity contribution in [3.8, 4) is 0 Å². The number of ether oxygens (including phenoxy) is 1. The normalized spacial score (nSPS) is 31.1. The van der Waals surface area contributed by atoms with Gasteiger partial charge < -0.3 is 15.4 Å². The van der Waals surface area contributed by atoms with Gasteiger partial charge in [0, 0.05) is 32.8 Å². The molecule has 82 valence electrons. The topological polar surface area (TPSA) is 38.5 Å². The van der Waals surface area contributed by atoms with Crippen molar-refractivity contribution in [2.45, 2.75) is 19.3 Å². The Hall–Kier alpha value is -0.120. The van der Waals surface area contributed by atoms with Gasteiger partial charge in [0.15, 0.2) is 0 Å². The summed E-state index contributed by atoms with van der Waals surface area (Å²) in [6.45, 7) is 6.40. The Kier molecular flexibility index (Phi) is 3.79. The van der Waals surface area contributed by atoms with Crippen LogP contribution in [0, 0.1) is 11.8 Å². The molecule has 3 nitrogen and oxygen atoms in total. The van der Waals surface area contributed by atoms with Gasteiger partial charge in [-0.2, -0.15) is 0 Å². The van der Waals surface area contributed by atoms with E-state index < -0.39 is 0 Å². The molecule has 0 spiro atoms. The van der Waals surface area contributed by atoms with Crippen LogP contribution in [0.5, 0.6) is 0 Å². The minimum atomic E-state index is 0.806. The molecule has 2 aliphatic heterocycles. The van der Waals surface area contributed by atoms with Crippen molar-refractivity contribution >= 4 is 0 Å². The van der Waals surface area contributed by atoms with E-state index in [1.165, 1.54) is 32.4 Å². The second-order valence-electron chi connectivity index (χ2n) is 4.59. The highest BCUT2D eigenvalue weighted by Gasteiger charge is 2.29. The highest BCUT2D eigenvalue weighted by molar-refractivity contribution is 4.82. The third kappa shape index (κ3) is 2.47. The third-order valence-electron chi connectivity index (χ3n) is 3.69. The van der Waals surface area contributed by atoms with E-state index in [0.717, 1.165) is 38.1 Å². The Bertz CT molecular complexity index is 169. The average Bonchev–Trinajstić information content (AvgIpc) is 2.68. The van der Waals surface area contributed by atoms with Crippen LogP contribution in [0.4, 0.5) is 0 Å². The predicted octanol–water partition coefficient (Wildman–Crippen LogP) is 0.694. The fourth-order valence-electron chi connectivity index (χ4n) is 2.82. The molecule has 0 saturated carbocycles. The molecule has 0 radical (unpaired) electrons. The first kappa shape index (κ1) is 10.4. The smallest absolute Gasteiger partial charge is 0.0468 e. The number of hydrogen-bond donors (Lipinski definition) is 1. The van der Waals surface area contributed by atoms with Crippen LogP contribution in [-0.4, -0.2) is 44.3 Å². The molecule has 2 saturated heterocycles. The molecule has 1 unspecified atom stereocenters. The van der Waals surface area contributed by atoms with Crippen LogP contribution in [0.15, 0.2) is 0 Å². The molecule has 2 aliphatic rings. The lowest BCUT2D eigenvalue weighted by Crippen LogP contribution is -2.30. The van der Waals surface area contributed by atoms with E-state index in [0.29, 0.717) is 0 Å². The van der Waals surface area contributed by atoms with Gasteiger partial charge in [-0.1, -0.05) is 0 Å². The third-order valence-corrected chi connectivity index (χ3v) is 3.69. The molecule has 1 atom stereocenters. The van der Waals surface area contributed by atoms with E-state index in [1.807, 2.05) is 0 Å². The van der Waals surface area contributed by atoms with E-state index in [-0.39, 0.29) is 0 Å². The van der Waals surface area contributed by atoms with Crippen molar-refractivity contribution in [1.82, 2.24) is 4.90 Å². The van der Waals surface area contributed by atoms with Crippen molar-refractivity contribution in [1.29, 1.82) is 0 Å². The molecule has 0 bridgehead atoms. The maximum Gasteiger partial charge on any atom is 0.0468 e. The van der Waals surface area contributed by atoms with Gasteiger partial charge >= 0.3 is 0 Å². The quantitative estimate of drug-likeness (QED) is 0.725. The zero-order valence-corrected chi connectivity index (χ0v) is 8.95. The first-order valence-corrected chi connectivity index (χ1v) is 5.90. The average molecular weight is 198 g/mol. The highest BCUT2D eigenvalue weighted by Crippen LogP contribution is 2.30. The summed E-state index contributed by atoms with van der Waals surface area (Å²) in [5, 5.41) is 0. The molecule has 2 heterocycles. The second kappa shape index (κ2) is 5.10. The number of rotatable bonds is 3. The Balaban J connectivity index is 1.76. The molecule has 0 aromatic carbocycles. The van der Waals surface area contributed by atoms with Crippen molar-refractivity contribution < 1.29 is 4.74 Å². The zero-order chi connectivity index (χ0) is 9.80. The van der Waals surface area contributed by atoms with Crippen LogP contribution in [0.3, 0.4) is 0 Å². The molecule has 3 heteroatoms. The van der Waals surface area contributed by atoms with Gasteiger partial charge in [-0.3, -0.25) is 0 Å². The highest BCUT2D eigenvalue weighted by atomic mass is 16.5. The van der Waals surface area contributed by atoms with Gasteiger partial charge in [0.25, 0.3) is 0 Å². The van der Waals surface area contributed by atoms with Crippen LogP contribution in [-0.2, 0) is 4.74 Å². The Morgan fingerprint density at radius 3 is 2.64 bits per heavy atom. The Morgan fingerprint density at radius 2 is 1.93 bits per heavy atom. The Morgan fingerprint density at radius 1 is 1.14 bits per heavy atom. The first-order valence-electron chi connectivity index (χ1n) is 5.90. The monoisotopic (exact) mass is 198 g/mol. The maximum absolute atomic E-state index is 5.57. The number of hydrogen-bond acceptors (Lipinski definition) is 3. The fraction of sp³-hybridized carbons (Fsp3) is 1.00. The molecule has 0 aliphatic carbocycles. The maximum atomic E-state index is 5.57. The standard InChI is InChI=1S/C11H22N2O/c12-4-6-13-5-1-11(9-13)10-2-7-14-8-3-10/h10-11H,1-9,12H2. The fourth-order valence-corrected chi connectivity index (χ4v) is 2.82. The molecule has 0 aromatic heterocycles. The van der Waals surface area contributed by atoms with Crippen molar-refractivity contribution in [3.05, 3.63) is 0 Å². The number of nitrogens with zero attached hydrogens (tertiary/aromatic N) is 1. The summed E-state index contributed by atoms with van der Waals surface area (Å²) in [4.78, 5) is 2.51. The summed E-state index contributed by atoms with van der Waals surface area (Å²) in [6.07, 6.45) is 3.94. The first-order chi connectivity index (χ1) is 6.90. The van der Waals surface area contributed by atoms with Gasteiger partial charge in [-0.25, -0.2) is 0 Å². The summed E-state index contributed by atoms with van der Waals surface area (Å²) in [5.74, 6) is 1.84. The van der Waals surface area contributed by atoms with Gasteiger partial charge in [0.1, 0.15) is 0 Å². The van der Waals surface area contributed by atoms with E-state index in [1.54, 1.807) is 0 Å². The summed E-state index contributed by atoms with van der Waals surface area (Å²) >= 11 is 0. The summed E-state index contributed by atoms with van der Waals surface area (Å²) in [7, 11) is 0.